The molecule has 26 heteroatoms. The number of aliphatic hydroxyl groups is 2. The van der Waals surface area contributed by atoms with Crippen molar-refractivity contribution < 1.29 is 106 Å². The van der Waals surface area contributed by atoms with Crippen LogP contribution in [0.5, 0.6) is 0 Å². The lowest BCUT2D eigenvalue weighted by Gasteiger charge is -2.67. The summed E-state index contributed by atoms with van der Waals surface area (Å²) in [4.78, 5) is 137. The standard InChI is InChI=1S/C64H80N4O22/c1-34-42(32-64(82)53(88-56(78)38-20-15-12-16-21-38)51-62(8,52(73)49(84-10)47(34)61(64,6)7)43(83-9)31-44-63(51,33-85-44)89-35(2)70)86-57(79)50(48(37-18-13-11-14-19-37)68-59(81)90-60(3,4)5)87-46(72)28-27-45(71)65-39-25-23-36(24-26-39)30-41(55(76)77)67-58(80)66-40(54(74)75)22-17-29-69/h11-16,18-21,23-26,40-44,48-51,53,69,82H,17,22,27-33H2,1-10H3,(H,65,71)(H,68,81)(H,74,75)(H,76,77)(H2,66,67,80). The van der Waals surface area contributed by atoms with Gasteiger partial charge in [-0.05, 0) is 94.0 Å². The van der Waals surface area contributed by atoms with E-state index < -0.39 is 167 Å². The van der Waals surface area contributed by atoms with Gasteiger partial charge in [0.25, 0.3) is 0 Å². The third-order valence-corrected chi connectivity index (χ3v) is 17.4. The van der Waals surface area contributed by atoms with E-state index in [1.54, 1.807) is 84.9 Å². The molecular weight excluding hydrogens is 1180 g/mol. The number of aliphatic carboxylic acids is 2. The van der Waals surface area contributed by atoms with Crippen molar-refractivity contribution in [2.75, 3.05) is 32.8 Å². The summed E-state index contributed by atoms with van der Waals surface area (Å²) in [6.45, 7) is 11.8. The molecule has 8 N–H and O–H groups in total. The van der Waals surface area contributed by atoms with Gasteiger partial charge in [0.2, 0.25) is 12.0 Å². The highest BCUT2D eigenvalue weighted by molar-refractivity contribution is 5.95. The molecule has 7 rings (SSSR count). The number of hydrogen-bond donors (Lipinski definition) is 8. The second-order valence-electron chi connectivity index (χ2n) is 24.7. The third kappa shape index (κ3) is 14.8. The predicted octanol–water partition coefficient (Wildman–Crippen LogP) is 5.06. The summed E-state index contributed by atoms with van der Waals surface area (Å²) in [5.41, 5.74) is -7.39. The highest BCUT2D eigenvalue weighted by Crippen LogP contribution is 2.65. The van der Waals surface area contributed by atoms with Crippen molar-refractivity contribution in [1.82, 2.24) is 16.0 Å². The van der Waals surface area contributed by atoms with E-state index >= 15 is 9.59 Å². The number of fused-ring (bicyclic) bond motifs is 5. The Kier molecular flexibility index (Phi) is 21.7. The zero-order valence-electron chi connectivity index (χ0n) is 51.9. The number of Topliss-reactive ketones (excluding diaryl/α,β-unsaturated/α-hetero) is 1. The quantitative estimate of drug-likeness (QED) is 0.0330. The molecule has 1 saturated heterocycles. The first-order chi connectivity index (χ1) is 42.3. The second kappa shape index (κ2) is 28.3. The number of nitrogens with one attached hydrogen (secondary N) is 4. The topological polar surface area (TPSA) is 374 Å². The van der Waals surface area contributed by atoms with Crippen LogP contribution in [0, 0.1) is 16.7 Å². The largest absolute Gasteiger partial charge is 0.480 e. The van der Waals surface area contributed by atoms with E-state index in [1.807, 2.05) is 0 Å². The van der Waals surface area contributed by atoms with E-state index in [1.165, 1.54) is 69.7 Å². The van der Waals surface area contributed by atoms with Crippen LogP contribution in [0.2, 0.25) is 0 Å². The van der Waals surface area contributed by atoms with Crippen LogP contribution in [0.1, 0.15) is 121 Å². The van der Waals surface area contributed by atoms with Gasteiger partial charge in [0, 0.05) is 64.5 Å². The van der Waals surface area contributed by atoms with Gasteiger partial charge in [-0.1, -0.05) is 74.5 Å². The number of carbonyl (C=O) groups is 10. The van der Waals surface area contributed by atoms with Gasteiger partial charge in [-0.3, -0.25) is 19.2 Å². The first kappa shape index (κ1) is 69.2. The Bertz CT molecular complexity index is 3200. The number of carboxylic acids is 2. The molecule has 90 heavy (non-hydrogen) atoms. The maximum atomic E-state index is 15.9. The summed E-state index contributed by atoms with van der Waals surface area (Å²) in [5.74, 6) is -9.69. The van der Waals surface area contributed by atoms with Gasteiger partial charge in [-0.15, -0.1) is 0 Å². The van der Waals surface area contributed by atoms with Gasteiger partial charge >= 0.3 is 47.9 Å². The van der Waals surface area contributed by atoms with Crippen molar-refractivity contribution >= 4 is 65.3 Å². The van der Waals surface area contributed by atoms with E-state index in [0.29, 0.717) is 5.56 Å². The summed E-state index contributed by atoms with van der Waals surface area (Å²) < 4.78 is 49.2. The number of carboxylic acid groups (broad SMARTS) is 2. The van der Waals surface area contributed by atoms with E-state index in [-0.39, 0.29) is 66.9 Å². The van der Waals surface area contributed by atoms with Crippen molar-refractivity contribution in [3.05, 3.63) is 113 Å². The fourth-order valence-corrected chi connectivity index (χ4v) is 12.9. The fraction of sp³-hybridized carbons (Fsp3) is 0.531. The number of ether oxygens (including phenoxy) is 8. The van der Waals surface area contributed by atoms with Crippen LogP contribution in [0.15, 0.2) is 96.1 Å². The fourth-order valence-electron chi connectivity index (χ4n) is 12.9. The van der Waals surface area contributed by atoms with Gasteiger partial charge in [-0.25, -0.2) is 28.8 Å². The lowest BCUT2D eigenvalue weighted by atomic mass is 9.44. The van der Waals surface area contributed by atoms with Gasteiger partial charge < -0.3 is 79.6 Å². The van der Waals surface area contributed by atoms with Crippen molar-refractivity contribution in [3.63, 3.8) is 0 Å². The summed E-state index contributed by atoms with van der Waals surface area (Å²) >= 11 is 0. The average molecular weight is 1260 g/mol. The van der Waals surface area contributed by atoms with E-state index in [0.717, 1.165) is 0 Å². The van der Waals surface area contributed by atoms with E-state index in [9.17, 15) is 53.7 Å². The smallest absolute Gasteiger partial charge is 0.408 e. The molecule has 488 valence electrons. The van der Waals surface area contributed by atoms with Crippen molar-refractivity contribution in [2.24, 2.45) is 16.7 Å². The maximum Gasteiger partial charge on any atom is 0.408 e. The molecule has 2 bridgehead atoms. The Labute approximate surface area is 520 Å². The number of aliphatic hydroxyl groups excluding tert-OH is 1. The monoisotopic (exact) mass is 1260 g/mol. The van der Waals surface area contributed by atoms with Crippen molar-refractivity contribution in [2.45, 2.75) is 172 Å². The minimum atomic E-state index is -2.40. The summed E-state index contributed by atoms with van der Waals surface area (Å²) in [7, 11) is 2.68. The second-order valence-corrected chi connectivity index (χ2v) is 24.7. The van der Waals surface area contributed by atoms with E-state index in [4.69, 9.17) is 43.0 Å². The Hall–Kier alpha value is -8.30. The molecule has 1 aliphatic heterocycles. The number of benzene rings is 3. The Morgan fingerprint density at radius 3 is 1.98 bits per heavy atom. The van der Waals surface area contributed by atoms with Crippen LogP contribution in [0.4, 0.5) is 15.3 Å². The van der Waals surface area contributed by atoms with Crippen LogP contribution < -0.4 is 21.3 Å². The first-order valence-electron chi connectivity index (χ1n) is 29.4. The molecule has 2 saturated carbocycles. The average Bonchev–Trinajstić information content (AvgIpc) is 0.670. The molecule has 3 aromatic carbocycles. The number of anilines is 1. The Morgan fingerprint density at radius 2 is 1.42 bits per heavy atom. The molecule has 13 unspecified atom stereocenters. The summed E-state index contributed by atoms with van der Waals surface area (Å²) in [5, 5.41) is 52.1. The van der Waals surface area contributed by atoms with Crippen LogP contribution in [0.3, 0.4) is 0 Å². The van der Waals surface area contributed by atoms with E-state index in [2.05, 4.69) is 21.3 Å². The zero-order valence-corrected chi connectivity index (χ0v) is 51.9. The van der Waals surface area contributed by atoms with Gasteiger partial charge in [0.1, 0.15) is 53.7 Å². The number of ketones is 1. The van der Waals surface area contributed by atoms with Crippen LogP contribution >= 0.6 is 0 Å². The first-order valence-corrected chi connectivity index (χ1v) is 29.4. The minimum absolute atomic E-state index is 0.0361. The normalized spacial score (nSPS) is 26.2. The number of alkyl carbamates (subject to hydrolysis) is 1. The SMILES string of the molecule is COC1C(=O)C2(C)C(OC)CC3OCC3(OC(C)=O)C2C(OC(=O)c2ccccc2)C2(O)CC(OC(=O)C(OC(=O)CCC(=O)Nc3ccc(CC(NC(=O)NC(CCCO)C(=O)O)C(=O)O)cc3)C(NC(=O)OC(C)(C)C)c3ccccc3)C(C)=C1C2(C)C. The predicted molar refractivity (Wildman–Crippen MR) is 316 cm³/mol. The molecule has 3 fully saturated rings. The molecule has 3 aliphatic carbocycles. The number of esters is 4. The van der Waals surface area contributed by atoms with Crippen LogP contribution in [-0.4, -0.2) is 173 Å². The van der Waals surface area contributed by atoms with Crippen LogP contribution in [0.25, 0.3) is 0 Å². The highest BCUT2D eigenvalue weighted by atomic mass is 16.6. The zero-order chi connectivity index (χ0) is 66.3. The molecule has 4 amide bonds. The Morgan fingerprint density at radius 1 is 0.800 bits per heavy atom. The molecule has 1 heterocycles. The highest BCUT2D eigenvalue weighted by Gasteiger charge is 2.78. The van der Waals surface area contributed by atoms with Crippen molar-refractivity contribution in [1.29, 1.82) is 0 Å². The molecule has 13 atom stereocenters. The number of hydrogen-bond acceptors (Lipinski definition) is 20. The van der Waals surface area contributed by atoms with Crippen LogP contribution in [-0.2, 0) is 77.9 Å². The molecule has 0 spiro atoms. The lowest BCUT2D eigenvalue weighted by molar-refractivity contribution is -0.347. The number of rotatable bonds is 24. The molecule has 4 aliphatic rings. The number of carbonyl (C=O) groups excluding carboxylic acids is 8. The summed E-state index contributed by atoms with van der Waals surface area (Å²) in [6.07, 6.45) is -12.0. The number of amides is 4. The minimum Gasteiger partial charge on any atom is -0.480 e. The lowest BCUT2D eigenvalue weighted by Crippen LogP contribution is -2.82. The number of methoxy groups -OCH3 is 2. The molecule has 0 radical (unpaired) electrons. The van der Waals surface area contributed by atoms with Gasteiger partial charge in [-0.2, -0.15) is 0 Å². The van der Waals surface area contributed by atoms with Gasteiger partial charge in [0.05, 0.1) is 36.0 Å². The molecular formula is C64H80N4O22. The summed E-state index contributed by atoms with van der Waals surface area (Å²) in [6, 6.07) is 16.0. The maximum absolute atomic E-state index is 15.9. The molecule has 3 aromatic rings. The Balaban J connectivity index is 1.21. The molecule has 0 aromatic heterocycles. The van der Waals surface area contributed by atoms with Gasteiger partial charge in [0.15, 0.2) is 11.4 Å². The van der Waals surface area contributed by atoms with Crippen molar-refractivity contribution in [3.8, 4) is 0 Å². The third-order valence-electron chi connectivity index (χ3n) is 17.4. The molecule has 26 nitrogen and oxygen atoms in total. The number of urea groups is 1.